The molecule has 1 fully saturated rings. The Morgan fingerprint density at radius 2 is 1.85 bits per heavy atom. The van der Waals surface area contributed by atoms with E-state index in [4.69, 9.17) is 4.74 Å². The third-order valence-electron chi connectivity index (χ3n) is 5.98. The summed E-state index contributed by atoms with van der Waals surface area (Å²) in [4.78, 5) is 35.0. The molecular weight excluding hydrogens is 423 g/mol. The number of aromatic nitrogens is 1. The number of nitrogens with zero attached hydrogens (tertiary/aromatic N) is 4. The van der Waals surface area contributed by atoms with E-state index in [1.165, 1.54) is 24.8 Å². The topological polar surface area (TPSA) is 66.0 Å². The number of anilines is 1. The average molecular weight is 461 g/mol. The second-order valence-corrected chi connectivity index (χ2v) is 8.60. The van der Waals surface area contributed by atoms with Gasteiger partial charge in [-0.05, 0) is 51.3 Å². The SMILES string of the molecule is CCC(COC)N(C(C)=O)/C(C)=C/C(F)=C(\C)C(=O)N1CCN(c2ncc(C)cc2C)CC1. The van der Waals surface area contributed by atoms with Crippen LogP contribution in [0.2, 0.25) is 0 Å². The lowest BCUT2D eigenvalue weighted by Gasteiger charge is -2.36. The molecule has 0 N–H and O–H groups in total. The summed E-state index contributed by atoms with van der Waals surface area (Å²) in [7, 11) is 1.57. The van der Waals surface area contributed by atoms with E-state index in [1.807, 2.05) is 27.0 Å². The van der Waals surface area contributed by atoms with Crippen molar-refractivity contribution >= 4 is 17.6 Å². The van der Waals surface area contributed by atoms with E-state index in [1.54, 1.807) is 18.9 Å². The maximum Gasteiger partial charge on any atom is 0.252 e. The largest absolute Gasteiger partial charge is 0.383 e. The molecule has 2 heterocycles. The summed E-state index contributed by atoms with van der Waals surface area (Å²) in [5, 5.41) is 0. The molecule has 0 radical (unpaired) electrons. The molecule has 2 amide bonds. The summed E-state index contributed by atoms with van der Waals surface area (Å²) < 4.78 is 20.2. The zero-order valence-corrected chi connectivity index (χ0v) is 20.9. The van der Waals surface area contributed by atoms with E-state index < -0.39 is 5.83 Å². The first-order valence-corrected chi connectivity index (χ1v) is 11.4. The number of amides is 2. The van der Waals surface area contributed by atoms with Crippen LogP contribution in [0.15, 0.2) is 35.4 Å². The molecule has 0 aliphatic carbocycles. The number of piperazine rings is 1. The van der Waals surface area contributed by atoms with Crippen LogP contribution in [-0.4, -0.2) is 72.5 Å². The molecule has 0 aromatic carbocycles. The normalized spacial score (nSPS) is 16.4. The predicted molar refractivity (Wildman–Crippen MR) is 129 cm³/mol. The van der Waals surface area contributed by atoms with Crippen LogP contribution < -0.4 is 4.90 Å². The molecule has 0 spiro atoms. The first kappa shape index (κ1) is 26.5. The van der Waals surface area contributed by atoms with Gasteiger partial charge in [0.1, 0.15) is 11.6 Å². The lowest BCUT2D eigenvalue weighted by atomic mass is 10.1. The van der Waals surface area contributed by atoms with Crippen LogP contribution in [0.5, 0.6) is 0 Å². The Hall–Kier alpha value is -2.74. The molecule has 1 aliphatic rings. The number of rotatable bonds is 8. The smallest absolute Gasteiger partial charge is 0.252 e. The molecule has 0 saturated carbocycles. The van der Waals surface area contributed by atoms with Crippen molar-refractivity contribution in [3.05, 3.63) is 46.6 Å². The lowest BCUT2D eigenvalue weighted by Crippen LogP contribution is -2.49. The highest BCUT2D eigenvalue weighted by Crippen LogP contribution is 2.22. The first-order valence-electron chi connectivity index (χ1n) is 11.4. The highest BCUT2D eigenvalue weighted by atomic mass is 19.1. The number of carbonyl (C=O) groups is 2. The van der Waals surface area contributed by atoms with Gasteiger partial charge in [-0.2, -0.15) is 0 Å². The minimum Gasteiger partial charge on any atom is -0.383 e. The Morgan fingerprint density at radius 1 is 1.21 bits per heavy atom. The van der Waals surface area contributed by atoms with Crippen molar-refractivity contribution < 1.29 is 18.7 Å². The number of hydrogen-bond acceptors (Lipinski definition) is 5. The zero-order chi connectivity index (χ0) is 24.7. The molecule has 1 unspecified atom stereocenters. The van der Waals surface area contributed by atoms with E-state index in [9.17, 15) is 9.59 Å². The van der Waals surface area contributed by atoms with E-state index in [0.717, 1.165) is 16.9 Å². The highest BCUT2D eigenvalue weighted by Gasteiger charge is 2.26. The van der Waals surface area contributed by atoms with Crippen LogP contribution in [0.3, 0.4) is 0 Å². The van der Waals surface area contributed by atoms with Gasteiger partial charge in [0.2, 0.25) is 5.91 Å². The summed E-state index contributed by atoms with van der Waals surface area (Å²) in [6, 6.07) is 1.90. The first-order chi connectivity index (χ1) is 15.6. The van der Waals surface area contributed by atoms with Crippen molar-refractivity contribution in [3.63, 3.8) is 0 Å². The van der Waals surface area contributed by atoms with Crippen LogP contribution in [0.4, 0.5) is 10.2 Å². The molecule has 33 heavy (non-hydrogen) atoms. The summed E-state index contributed by atoms with van der Waals surface area (Å²) >= 11 is 0. The zero-order valence-electron chi connectivity index (χ0n) is 20.9. The molecule has 8 heteroatoms. The van der Waals surface area contributed by atoms with Crippen LogP contribution in [0, 0.1) is 13.8 Å². The van der Waals surface area contributed by atoms with Gasteiger partial charge >= 0.3 is 0 Å². The van der Waals surface area contributed by atoms with Crippen LogP contribution in [-0.2, 0) is 14.3 Å². The Kier molecular flexibility index (Phi) is 9.58. The van der Waals surface area contributed by atoms with E-state index in [0.29, 0.717) is 44.9 Å². The summed E-state index contributed by atoms with van der Waals surface area (Å²) in [6.45, 7) is 13.2. The molecule has 1 aliphatic heterocycles. The summed E-state index contributed by atoms with van der Waals surface area (Å²) in [5.41, 5.74) is 2.70. The fourth-order valence-electron chi connectivity index (χ4n) is 4.22. The molecule has 182 valence electrons. The molecular formula is C25H37FN4O3. The fraction of sp³-hybridized carbons (Fsp3) is 0.560. The van der Waals surface area contributed by atoms with Crippen molar-refractivity contribution in [2.75, 3.05) is 44.8 Å². The molecule has 1 aromatic heterocycles. The van der Waals surface area contributed by atoms with Crippen molar-refractivity contribution in [3.8, 4) is 0 Å². The van der Waals surface area contributed by atoms with Crippen LogP contribution >= 0.6 is 0 Å². The van der Waals surface area contributed by atoms with Gasteiger partial charge in [0.05, 0.1) is 12.6 Å². The van der Waals surface area contributed by atoms with Gasteiger partial charge in [0.25, 0.3) is 5.91 Å². The second-order valence-electron chi connectivity index (χ2n) is 8.60. The van der Waals surface area contributed by atoms with Gasteiger partial charge in [-0.1, -0.05) is 13.0 Å². The van der Waals surface area contributed by atoms with E-state index in [-0.39, 0.29) is 23.4 Å². The van der Waals surface area contributed by atoms with Crippen molar-refractivity contribution in [1.29, 1.82) is 0 Å². The van der Waals surface area contributed by atoms with E-state index in [2.05, 4.69) is 16.0 Å². The number of carbonyl (C=O) groups excluding carboxylic acids is 2. The number of allylic oxidation sites excluding steroid dienone is 3. The predicted octanol–water partition coefficient (Wildman–Crippen LogP) is 3.77. The Labute approximate surface area is 196 Å². The summed E-state index contributed by atoms with van der Waals surface area (Å²) in [5.74, 6) is -0.228. The summed E-state index contributed by atoms with van der Waals surface area (Å²) in [6.07, 6.45) is 3.78. The lowest BCUT2D eigenvalue weighted by molar-refractivity contribution is -0.130. The molecule has 7 nitrogen and oxygen atoms in total. The number of methoxy groups -OCH3 is 1. The van der Waals surface area contributed by atoms with Gasteiger partial charge in [-0.25, -0.2) is 9.37 Å². The Bertz CT molecular complexity index is 920. The minimum atomic E-state index is -0.630. The Balaban J connectivity index is 2.12. The number of ether oxygens (including phenoxy) is 1. The third kappa shape index (κ3) is 6.63. The van der Waals surface area contributed by atoms with Crippen LogP contribution in [0.1, 0.15) is 45.2 Å². The quantitative estimate of drug-likeness (QED) is 0.437. The second kappa shape index (κ2) is 11.9. The van der Waals surface area contributed by atoms with Gasteiger partial charge in [-0.15, -0.1) is 0 Å². The third-order valence-corrected chi connectivity index (χ3v) is 5.98. The van der Waals surface area contributed by atoms with Crippen molar-refractivity contribution in [1.82, 2.24) is 14.8 Å². The number of pyridine rings is 1. The molecule has 2 rings (SSSR count). The molecule has 0 bridgehead atoms. The monoisotopic (exact) mass is 460 g/mol. The maximum atomic E-state index is 15.0. The van der Waals surface area contributed by atoms with E-state index >= 15 is 4.39 Å². The average Bonchev–Trinajstić information content (AvgIpc) is 2.77. The molecule has 1 aromatic rings. The number of hydrogen-bond donors (Lipinski definition) is 0. The number of aryl methyl sites for hydroxylation is 2. The Morgan fingerprint density at radius 3 is 2.36 bits per heavy atom. The van der Waals surface area contributed by atoms with Gasteiger partial charge in [0, 0.05) is 57.7 Å². The molecule has 1 saturated heterocycles. The minimum absolute atomic E-state index is 0.0377. The van der Waals surface area contributed by atoms with Crippen molar-refractivity contribution in [2.45, 2.75) is 54.0 Å². The van der Waals surface area contributed by atoms with Crippen LogP contribution in [0.25, 0.3) is 0 Å². The highest BCUT2D eigenvalue weighted by molar-refractivity contribution is 5.94. The van der Waals surface area contributed by atoms with Gasteiger partial charge in [-0.3, -0.25) is 9.59 Å². The number of halogens is 1. The fourth-order valence-corrected chi connectivity index (χ4v) is 4.22. The van der Waals surface area contributed by atoms with Crippen molar-refractivity contribution in [2.24, 2.45) is 0 Å². The maximum absolute atomic E-state index is 15.0. The standard InChI is InChI=1S/C25H37FN4O3/c1-8-22(16-33-7)30(21(6)31)19(4)14-23(26)20(5)25(32)29-11-9-28(10-12-29)24-18(3)13-17(2)15-27-24/h13-15,22H,8-12,16H2,1-7H3/b19-14+,23-20-. The molecule has 1 atom stereocenters. The van der Waals surface area contributed by atoms with Gasteiger partial charge < -0.3 is 19.4 Å². The van der Waals surface area contributed by atoms with Gasteiger partial charge in [0.15, 0.2) is 0 Å².